The van der Waals surface area contributed by atoms with E-state index in [0.717, 1.165) is 41.9 Å². The molecule has 148 valence electrons. The molecule has 28 heavy (non-hydrogen) atoms. The first kappa shape index (κ1) is 20.0. The van der Waals surface area contributed by atoms with E-state index in [1.54, 1.807) is 4.90 Å². The van der Waals surface area contributed by atoms with Gasteiger partial charge in [-0.1, -0.05) is 18.2 Å². The molecule has 0 saturated carbocycles. The summed E-state index contributed by atoms with van der Waals surface area (Å²) in [6.45, 7) is 1.98. The minimum absolute atomic E-state index is 0.0699. The van der Waals surface area contributed by atoms with E-state index < -0.39 is 39.9 Å². The van der Waals surface area contributed by atoms with Crippen LogP contribution in [0.5, 0.6) is 0 Å². The van der Waals surface area contributed by atoms with Gasteiger partial charge < -0.3 is 9.64 Å². The van der Waals surface area contributed by atoms with E-state index in [1.807, 2.05) is 24.3 Å². The van der Waals surface area contributed by atoms with Crippen molar-refractivity contribution in [2.45, 2.75) is 30.8 Å². The number of carbonyl (C=O) groups excluding carboxylic acids is 2. The second kappa shape index (κ2) is 8.10. The highest BCUT2D eigenvalue weighted by molar-refractivity contribution is 7.91. The Bertz CT molecular complexity index is 988. The number of rotatable bonds is 6. The van der Waals surface area contributed by atoms with Crippen LogP contribution in [0.4, 0.5) is 10.1 Å². The Labute approximate surface area is 162 Å². The SMILES string of the molecule is C[C@@H](OC(=O)CCS(=O)(=O)c1ccc(F)cc1)C(=O)N1CCc2ccccc21. The fourth-order valence-corrected chi connectivity index (χ4v) is 4.29. The number of nitrogens with zero attached hydrogens (tertiary/aromatic N) is 1. The second-order valence-electron chi connectivity index (χ2n) is 6.52. The summed E-state index contributed by atoms with van der Waals surface area (Å²) < 4.78 is 42.5. The Hall–Kier alpha value is -2.74. The third kappa shape index (κ3) is 4.39. The second-order valence-corrected chi connectivity index (χ2v) is 8.63. The molecule has 1 aliphatic rings. The van der Waals surface area contributed by atoms with Gasteiger partial charge in [0.1, 0.15) is 5.82 Å². The molecule has 0 N–H and O–H groups in total. The Morgan fingerprint density at radius 1 is 1.14 bits per heavy atom. The van der Waals surface area contributed by atoms with Gasteiger partial charge in [-0.05, 0) is 49.2 Å². The summed E-state index contributed by atoms with van der Waals surface area (Å²) in [4.78, 5) is 26.1. The van der Waals surface area contributed by atoms with Crippen molar-refractivity contribution in [2.75, 3.05) is 17.2 Å². The van der Waals surface area contributed by atoms with Crippen LogP contribution in [0.1, 0.15) is 18.9 Å². The minimum atomic E-state index is -3.75. The summed E-state index contributed by atoms with van der Waals surface area (Å²) in [5.74, 6) is -2.15. The number of benzene rings is 2. The molecule has 1 atom stereocenters. The van der Waals surface area contributed by atoms with Gasteiger partial charge in [0.15, 0.2) is 15.9 Å². The normalized spacial score (nSPS) is 14.4. The van der Waals surface area contributed by atoms with Crippen molar-refractivity contribution in [3.05, 3.63) is 59.9 Å². The molecule has 0 unspecified atom stereocenters. The van der Waals surface area contributed by atoms with E-state index in [0.29, 0.717) is 6.54 Å². The predicted molar refractivity (Wildman–Crippen MR) is 101 cm³/mol. The number of fused-ring (bicyclic) bond motifs is 1. The Morgan fingerprint density at radius 3 is 2.54 bits per heavy atom. The molecule has 2 aromatic carbocycles. The lowest BCUT2D eigenvalue weighted by Crippen LogP contribution is -2.39. The van der Waals surface area contributed by atoms with E-state index in [2.05, 4.69) is 0 Å². The fourth-order valence-electron chi connectivity index (χ4n) is 3.07. The molecule has 0 bridgehead atoms. The van der Waals surface area contributed by atoms with Crippen LogP contribution in [-0.4, -0.2) is 38.7 Å². The largest absolute Gasteiger partial charge is 0.452 e. The van der Waals surface area contributed by atoms with Crippen LogP contribution in [0, 0.1) is 5.82 Å². The van der Waals surface area contributed by atoms with E-state index in [4.69, 9.17) is 4.74 Å². The first-order chi connectivity index (χ1) is 13.3. The molecule has 1 heterocycles. The monoisotopic (exact) mass is 405 g/mol. The number of carbonyl (C=O) groups is 2. The average molecular weight is 405 g/mol. The smallest absolute Gasteiger partial charge is 0.307 e. The average Bonchev–Trinajstić information content (AvgIpc) is 3.10. The van der Waals surface area contributed by atoms with Crippen molar-refractivity contribution in [1.29, 1.82) is 0 Å². The summed E-state index contributed by atoms with van der Waals surface area (Å²) in [6.07, 6.45) is -0.681. The Balaban J connectivity index is 1.56. The van der Waals surface area contributed by atoms with Gasteiger partial charge in [0.25, 0.3) is 5.91 Å². The first-order valence-electron chi connectivity index (χ1n) is 8.85. The predicted octanol–water partition coefficient (Wildman–Crippen LogP) is 2.51. The first-order valence-corrected chi connectivity index (χ1v) is 10.5. The van der Waals surface area contributed by atoms with Gasteiger partial charge in [0.2, 0.25) is 0 Å². The van der Waals surface area contributed by atoms with Crippen LogP contribution in [0.15, 0.2) is 53.4 Å². The summed E-state index contributed by atoms with van der Waals surface area (Å²) in [5, 5.41) is 0. The van der Waals surface area contributed by atoms with E-state index in [-0.39, 0.29) is 10.8 Å². The molecule has 0 aliphatic carbocycles. The molecule has 0 radical (unpaired) electrons. The summed E-state index contributed by atoms with van der Waals surface area (Å²) in [6, 6.07) is 11.9. The highest BCUT2D eigenvalue weighted by Crippen LogP contribution is 2.28. The molecule has 0 aromatic heterocycles. The maximum atomic E-state index is 12.9. The molecule has 1 aliphatic heterocycles. The number of ether oxygens (including phenoxy) is 1. The highest BCUT2D eigenvalue weighted by Gasteiger charge is 2.30. The molecule has 2 aromatic rings. The zero-order chi connectivity index (χ0) is 20.3. The van der Waals surface area contributed by atoms with Gasteiger partial charge in [-0.25, -0.2) is 12.8 Å². The van der Waals surface area contributed by atoms with Crippen LogP contribution < -0.4 is 4.90 Å². The molecule has 1 amide bonds. The van der Waals surface area contributed by atoms with Crippen molar-refractivity contribution >= 4 is 27.4 Å². The summed E-state index contributed by atoms with van der Waals surface area (Å²) >= 11 is 0. The van der Waals surface area contributed by atoms with Crippen LogP contribution in [0.3, 0.4) is 0 Å². The number of esters is 1. The fraction of sp³-hybridized carbons (Fsp3) is 0.300. The quantitative estimate of drug-likeness (QED) is 0.545. The third-order valence-corrected chi connectivity index (χ3v) is 6.29. The van der Waals surface area contributed by atoms with E-state index >= 15 is 0 Å². The standard InChI is InChI=1S/C20H20FNO5S/c1-14(20(24)22-12-10-15-4-2-3-5-18(15)22)27-19(23)11-13-28(25,26)17-8-6-16(21)7-9-17/h2-9,14H,10-13H2,1H3/t14-/m1/s1. The molecule has 0 fully saturated rings. The summed E-state index contributed by atoms with van der Waals surface area (Å²) in [5.41, 5.74) is 1.86. The van der Waals surface area contributed by atoms with Crippen molar-refractivity contribution in [3.8, 4) is 0 Å². The molecule has 8 heteroatoms. The maximum absolute atomic E-state index is 12.9. The molecule has 0 saturated heterocycles. The van der Waals surface area contributed by atoms with Crippen LogP contribution >= 0.6 is 0 Å². The van der Waals surface area contributed by atoms with Gasteiger partial charge in [-0.3, -0.25) is 9.59 Å². The Morgan fingerprint density at radius 2 is 1.82 bits per heavy atom. The number of halogens is 1. The van der Waals surface area contributed by atoms with Crippen LogP contribution in [0.25, 0.3) is 0 Å². The molecule has 6 nitrogen and oxygen atoms in total. The summed E-state index contributed by atoms with van der Waals surface area (Å²) in [7, 11) is -3.75. The zero-order valence-corrected chi connectivity index (χ0v) is 16.1. The van der Waals surface area contributed by atoms with Crippen molar-refractivity contribution in [3.63, 3.8) is 0 Å². The van der Waals surface area contributed by atoms with Crippen molar-refractivity contribution in [1.82, 2.24) is 0 Å². The number of para-hydroxylation sites is 1. The van der Waals surface area contributed by atoms with E-state index in [1.165, 1.54) is 6.92 Å². The lowest BCUT2D eigenvalue weighted by Gasteiger charge is -2.21. The van der Waals surface area contributed by atoms with Crippen molar-refractivity contribution in [2.24, 2.45) is 0 Å². The molecular weight excluding hydrogens is 385 g/mol. The maximum Gasteiger partial charge on any atom is 0.307 e. The molecule has 0 spiro atoms. The highest BCUT2D eigenvalue weighted by atomic mass is 32.2. The third-order valence-electron chi connectivity index (χ3n) is 4.56. The van der Waals surface area contributed by atoms with Gasteiger partial charge >= 0.3 is 5.97 Å². The van der Waals surface area contributed by atoms with Gasteiger partial charge in [0, 0.05) is 12.2 Å². The van der Waals surface area contributed by atoms with Crippen LogP contribution in [-0.2, 0) is 30.6 Å². The minimum Gasteiger partial charge on any atom is -0.452 e. The van der Waals surface area contributed by atoms with Gasteiger partial charge in [-0.15, -0.1) is 0 Å². The topological polar surface area (TPSA) is 80.8 Å². The van der Waals surface area contributed by atoms with E-state index in [9.17, 15) is 22.4 Å². The zero-order valence-electron chi connectivity index (χ0n) is 15.3. The number of hydrogen-bond donors (Lipinski definition) is 0. The molecule has 3 rings (SSSR count). The number of amides is 1. The molecular formula is C20H20FNO5S. The number of sulfone groups is 1. The van der Waals surface area contributed by atoms with Crippen molar-refractivity contribution < 1.29 is 27.1 Å². The lowest BCUT2D eigenvalue weighted by atomic mass is 10.2. The lowest BCUT2D eigenvalue weighted by molar-refractivity contribution is -0.153. The van der Waals surface area contributed by atoms with Gasteiger partial charge in [-0.2, -0.15) is 0 Å². The number of anilines is 1. The van der Waals surface area contributed by atoms with Crippen LogP contribution in [0.2, 0.25) is 0 Å². The van der Waals surface area contributed by atoms with Gasteiger partial charge in [0.05, 0.1) is 17.1 Å². The Kier molecular flexibility index (Phi) is 5.79. The number of hydrogen-bond acceptors (Lipinski definition) is 5.